The zero-order valence-corrected chi connectivity index (χ0v) is 7.04. The third kappa shape index (κ3) is 3.44. The minimum Gasteiger partial charge on any atom is -0.478 e. The van der Waals surface area contributed by atoms with Crippen LogP contribution in [0.5, 0.6) is 0 Å². The van der Waals surface area contributed by atoms with E-state index in [0.717, 1.165) is 12.2 Å². The number of carbonyl (C=O) groups is 2. The molecule has 1 heterocycles. The molecule has 1 rings (SSSR count). The van der Waals surface area contributed by atoms with Gasteiger partial charge in [0, 0.05) is 24.5 Å². The number of anilines is 1. The number of aliphatic carboxylic acids is 1. The predicted molar refractivity (Wildman–Crippen MR) is 47.4 cm³/mol. The molecular formula is C8H7N3O3. The number of hydrogen-bond acceptors (Lipinski definition) is 4. The number of carboxylic acids is 1. The highest BCUT2D eigenvalue weighted by Gasteiger charge is 1.99. The molecule has 0 aliphatic rings. The molecule has 0 saturated carbocycles. The number of carboxylic acid groups (broad SMARTS) is 1. The van der Waals surface area contributed by atoms with Crippen LogP contribution in [0.15, 0.2) is 30.6 Å². The van der Waals surface area contributed by atoms with E-state index in [9.17, 15) is 9.59 Å². The highest BCUT2D eigenvalue weighted by atomic mass is 16.4. The van der Waals surface area contributed by atoms with Crippen molar-refractivity contribution < 1.29 is 14.7 Å². The molecular weight excluding hydrogens is 186 g/mol. The molecule has 0 aromatic carbocycles. The fourth-order valence-corrected chi connectivity index (χ4v) is 0.662. The molecule has 0 radical (unpaired) electrons. The van der Waals surface area contributed by atoms with Crippen LogP contribution in [-0.2, 0) is 9.59 Å². The van der Waals surface area contributed by atoms with E-state index in [4.69, 9.17) is 5.11 Å². The summed E-state index contributed by atoms with van der Waals surface area (Å²) in [4.78, 5) is 28.5. The van der Waals surface area contributed by atoms with Crippen LogP contribution in [0.3, 0.4) is 0 Å². The number of carbonyl (C=O) groups excluding carboxylic acids is 1. The van der Waals surface area contributed by atoms with Gasteiger partial charge in [-0.2, -0.15) is 0 Å². The van der Waals surface area contributed by atoms with Gasteiger partial charge in [-0.15, -0.1) is 0 Å². The van der Waals surface area contributed by atoms with Crippen molar-refractivity contribution in [3.8, 4) is 0 Å². The lowest BCUT2D eigenvalue weighted by atomic mass is 10.5. The number of nitrogens with one attached hydrogen (secondary N) is 1. The zero-order chi connectivity index (χ0) is 10.4. The second-order valence-electron chi connectivity index (χ2n) is 2.23. The Morgan fingerprint density at radius 1 is 1.29 bits per heavy atom. The quantitative estimate of drug-likeness (QED) is 0.662. The fourth-order valence-electron chi connectivity index (χ4n) is 0.662. The smallest absolute Gasteiger partial charge is 0.328 e. The number of nitrogens with zero attached hydrogens (tertiary/aromatic N) is 2. The summed E-state index contributed by atoms with van der Waals surface area (Å²) in [6.45, 7) is 0. The Morgan fingerprint density at radius 3 is 2.50 bits per heavy atom. The SMILES string of the molecule is O=C(O)C=CC(=O)Nc1ncccn1. The lowest BCUT2D eigenvalue weighted by molar-refractivity contribution is -0.131. The Balaban J connectivity index is 2.54. The lowest BCUT2D eigenvalue weighted by Gasteiger charge is -1.96. The first kappa shape index (κ1) is 9.85. The minimum absolute atomic E-state index is 0.132. The Bertz CT molecular complexity index is 361. The Labute approximate surface area is 79.3 Å². The fraction of sp³-hybridized carbons (Fsp3) is 0. The standard InChI is InChI=1S/C8H7N3O3/c12-6(2-3-7(13)14)11-8-9-4-1-5-10-8/h1-5H,(H,13,14)(H,9,10,11,12). The van der Waals surface area contributed by atoms with Crippen molar-refractivity contribution in [3.63, 3.8) is 0 Å². The van der Waals surface area contributed by atoms with Crippen molar-refractivity contribution in [3.05, 3.63) is 30.6 Å². The monoisotopic (exact) mass is 193 g/mol. The van der Waals surface area contributed by atoms with Gasteiger partial charge in [-0.3, -0.25) is 10.1 Å². The van der Waals surface area contributed by atoms with E-state index in [1.165, 1.54) is 12.4 Å². The summed E-state index contributed by atoms with van der Waals surface area (Å²) in [5, 5.41) is 10.5. The zero-order valence-electron chi connectivity index (χ0n) is 7.04. The van der Waals surface area contributed by atoms with Crippen LogP contribution in [0, 0.1) is 0 Å². The molecule has 0 aliphatic heterocycles. The number of amides is 1. The maximum absolute atomic E-state index is 11.0. The molecule has 6 heteroatoms. The van der Waals surface area contributed by atoms with E-state index in [2.05, 4.69) is 15.3 Å². The number of aromatic nitrogens is 2. The Morgan fingerprint density at radius 2 is 1.93 bits per heavy atom. The average molecular weight is 193 g/mol. The summed E-state index contributed by atoms with van der Waals surface area (Å²) in [6, 6.07) is 1.60. The van der Waals surface area contributed by atoms with Crippen molar-refractivity contribution in [2.24, 2.45) is 0 Å². The first-order valence-electron chi connectivity index (χ1n) is 3.67. The van der Waals surface area contributed by atoms with E-state index in [0.29, 0.717) is 0 Å². The van der Waals surface area contributed by atoms with Gasteiger partial charge in [-0.1, -0.05) is 0 Å². The molecule has 0 unspecified atom stereocenters. The second-order valence-corrected chi connectivity index (χ2v) is 2.23. The Kier molecular flexibility index (Phi) is 3.31. The average Bonchev–Trinajstić information content (AvgIpc) is 2.16. The van der Waals surface area contributed by atoms with Gasteiger partial charge in [0.05, 0.1) is 0 Å². The van der Waals surface area contributed by atoms with Gasteiger partial charge in [-0.25, -0.2) is 14.8 Å². The lowest BCUT2D eigenvalue weighted by Crippen LogP contribution is -2.10. The topological polar surface area (TPSA) is 92.2 Å². The number of rotatable bonds is 3. The van der Waals surface area contributed by atoms with Gasteiger partial charge in [-0.05, 0) is 6.07 Å². The molecule has 0 atom stereocenters. The molecule has 0 spiro atoms. The first-order chi connectivity index (χ1) is 6.68. The van der Waals surface area contributed by atoms with Gasteiger partial charge >= 0.3 is 5.97 Å². The van der Waals surface area contributed by atoms with E-state index in [1.54, 1.807) is 6.07 Å². The highest BCUT2D eigenvalue weighted by Crippen LogP contribution is 1.93. The third-order valence-electron chi connectivity index (χ3n) is 1.18. The van der Waals surface area contributed by atoms with Gasteiger partial charge in [0.15, 0.2) is 0 Å². The summed E-state index contributed by atoms with van der Waals surface area (Å²) in [5.74, 6) is -1.64. The van der Waals surface area contributed by atoms with E-state index in [1.807, 2.05) is 0 Å². The molecule has 14 heavy (non-hydrogen) atoms. The van der Waals surface area contributed by atoms with Crippen molar-refractivity contribution in [2.45, 2.75) is 0 Å². The summed E-state index contributed by atoms with van der Waals surface area (Å²) in [7, 11) is 0. The normalized spacial score (nSPS) is 10.0. The molecule has 0 bridgehead atoms. The summed E-state index contributed by atoms with van der Waals surface area (Å²) in [6.07, 6.45) is 4.55. The van der Waals surface area contributed by atoms with Crippen molar-refractivity contribution in [1.29, 1.82) is 0 Å². The molecule has 1 aromatic rings. The highest BCUT2D eigenvalue weighted by molar-refractivity contribution is 6.01. The van der Waals surface area contributed by atoms with E-state index < -0.39 is 11.9 Å². The van der Waals surface area contributed by atoms with Crippen molar-refractivity contribution in [2.75, 3.05) is 5.32 Å². The maximum Gasteiger partial charge on any atom is 0.328 e. The molecule has 0 aliphatic carbocycles. The van der Waals surface area contributed by atoms with Crippen LogP contribution in [0.25, 0.3) is 0 Å². The molecule has 72 valence electrons. The van der Waals surface area contributed by atoms with Crippen LogP contribution >= 0.6 is 0 Å². The van der Waals surface area contributed by atoms with Crippen LogP contribution in [0.4, 0.5) is 5.95 Å². The van der Waals surface area contributed by atoms with Gasteiger partial charge < -0.3 is 5.11 Å². The first-order valence-corrected chi connectivity index (χ1v) is 3.67. The molecule has 0 saturated heterocycles. The third-order valence-corrected chi connectivity index (χ3v) is 1.18. The van der Waals surface area contributed by atoms with Crippen LogP contribution in [0.2, 0.25) is 0 Å². The predicted octanol–water partition coefficient (Wildman–Crippen LogP) is 0.0559. The summed E-state index contributed by atoms with van der Waals surface area (Å²) >= 11 is 0. The largest absolute Gasteiger partial charge is 0.478 e. The molecule has 2 N–H and O–H groups in total. The maximum atomic E-state index is 11.0. The molecule has 1 amide bonds. The van der Waals surface area contributed by atoms with Crippen molar-refractivity contribution in [1.82, 2.24) is 9.97 Å². The van der Waals surface area contributed by atoms with Gasteiger partial charge in [0.1, 0.15) is 0 Å². The van der Waals surface area contributed by atoms with Crippen LogP contribution in [-0.4, -0.2) is 27.0 Å². The van der Waals surface area contributed by atoms with Gasteiger partial charge in [0.25, 0.3) is 5.91 Å². The molecule has 6 nitrogen and oxygen atoms in total. The summed E-state index contributed by atoms with van der Waals surface area (Å²) in [5.41, 5.74) is 0. The summed E-state index contributed by atoms with van der Waals surface area (Å²) < 4.78 is 0. The second kappa shape index (κ2) is 4.70. The van der Waals surface area contributed by atoms with Crippen LogP contribution < -0.4 is 5.32 Å². The Hall–Kier alpha value is -2.24. The van der Waals surface area contributed by atoms with E-state index in [-0.39, 0.29) is 5.95 Å². The molecule has 0 fully saturated rings. The van der Waals surface area contributed by atoms with Crippen molar-refractivity contribution >= 4 is 17.8 Å². The van der Waals surface area contributed by atoms with Crippen LogP contribution in [0.1, 0.15) is 0 Å². The minimum atomic E-state index is -1.19. The molecule has 1 aromatic heterocycles. The van der Waals surface area contributed by atoms with Gasteiger partial charge in [0.2, 0.25) is 5.95 Å². The number of hydrogen-bond donors (Lipinski definition) is 2. The van der Waals surface area contributed by atoms with E-state index >= 15 is 0 Å².